The van der Waals surface area contributed by atoms with E-state index < -0.39 is 34.2 Å². The average Bonchev–Trinajstić information content (AvgIpc) is 3.11. The van der Waals surface area contributed by atoms with E-state index in [1.807, 2.05) is 19.9 Å². The van der Waals surface area contributed by atoms with Crippen LogP contribution in [0.2, 0.25) is 0 Å². The Kier molecular flexibility index (Phi) is 3.36. The highest BCUT2D eigenvalue weighted by Crippen LogP contribution is 2.60. The van der Waals surface area contributed by atoms with E-state index in [0.717, 1.165) is 12.8 Å². The van der Waals surface area contributed by atoms with Crippen molar-refractivity contribution in [1.82, 2.24) is 0 Å². The predicted molar refractivity (Wildman–Crippen MR) is 90.1 cm³/mol. The number of carbonyl (C=O) groups excluding carboxylic acids is 2. The third-order valence-electron chi connectivity index (χ3n) is 5.86. The first-order valence-electron chi connectivity index (χ1n) is 8.17. The fraction of sp³-hybridized carbons (Fsp3) is 0.500. The van der Waals surface area contributed by atoms with Gasteiger partial charge in [0.2, 0.25) is 11.8 Å². The molecule has 7 heteroatoms. The van der Waals surface area contributed by atoms with Crippen LogP contribution in [0.5, 0.6) is 0 Å². The number of amides is 2. The van der Waals surface area contributed by atoms with Crippen LogP contribution >= 0.6 is 0 Å². The van der Waals surface area contributed by atoms with E-state index in [9.17, 15) is 14.1 Å². The monoisotopic (exact) mass is 358 g/mol. The normalized spacial score (nSPS) is 37.3. The molecule has 4 rings (SSSR count). The molecule has 5 atom stereocenters. The van der Waals surface area contributed by atoms with E-state index in [0.29, 0.717) is 10.6 Å². The summed E-state index contributed by atoms with van der Waals surface area (Å²) >= 11 is -1.39. The second kappa shape index (κ2) is 5.07. The van der Waals surface area contributed by atoms with E-state index in [1.165, 1.54) is 23.3 Å². The Balaban J connectivity index is 1.79. The Morgan fingerprint density at radius 1 is 1.24 bits per heavy atom. The van der Waals surface area contributed by atoms with Crippen molar-refractivity contribution in [2.24, 2.45) is 11.8 Å². The Bertz CT molecular complexity index is 814. The van der Waals surface area contributed by atoms with E-state index in [4.69, 9.17) is 10.00 Å². The van der Waals surface area contributed by atoms with Gasteiger partial charge in [-0.2, -0.15) is 5.26 Å². The van der Waals surface area contributed by atoms with Crippen LogP contribution in [-0.2, 0) is 25.5 Å². The third kappa shape index (κ3) is 2.05. The van der Waals surface area contributed by atoms with Gasteiger partial charge in [0.1, 0.15) is 17.9 Å². The Morgan fingerprint density at radius 2 is 1.80 bits per heavy atom. The number of hydrogen-bond acceptors (Lipinski definition) is 5. The summed E-state index contributed by atoms with van der Waals surface area (Å²) in [6, 6.07) is 6.58. The van der Waals surface area contributed by atoms with Crippen molar-refractivity contribution in [3.63, 3.8) is 0 Å². The second-order valence-electron chi connectivity index (χ2n) is 7.44. The fourth-order valence-corrected chi connectivity index (χ4v) is 5.41. The van der Waals surface area contributed by atoms with Crippen molar-refractivity contribution < 1.29 is 18.9 Å². The van der Waals surface area contributed by atoms with Gasteiger partial charge in [-0.15, -0.1) is 0 Å². The maximum absolute atomic E-state index is 13.1. The number of rotatable bonds is 2. The van der Waals surface area contributed by atoms with Crippen LogP contribution in [0.25, 0.3) is 0 Å². The molecule has 2 amide bonds. The molecule has 25 heavy (non-hydrogen) atoms. The van der Waals surface area contributed by atoms with Crippen molar-refractivity contribution in [3.05, 3.63) is 23.8 Å². The van der Waals surface area contributed by atoms with E-state index in [1.54, 1.807) is 6.07 Å². The molecule has 3 heterocycles. The molecule has 2 unspecified atom stereocenters. The molecule has 3 aliphatic rings. The minimum Gasteiger partial charge on any atom is -0.612 e. The van der Waals surface area contributed by atoms with Crippen LogP contribution in [0, 0.1) is 23.2 Å². The molecule has 3 fully saturated rings. The van der Waals surface area contributed by atoms with Crippen molar-refractivity contribution >= 4 is 28.7 Å². The summed E-state index contributed by atoms with van der Waals surface area (Å²) in [6.45, 7) is 3.81. The quantitative estimate of drug-likeness (QED) is 0.593. The summed E-state index contributed by atoms with van der Waals surface area (Å²) in [4.78, 5) is 27.6. The fourth-order valence-electron chi connectivity index (χ4n) is 4.70. The van der Waals surface area contributed by atoms with Gasteiger partial charge in [-0.25, -0.2) is 4.90 Å². The first kappa shape index (κ1) is 16.6. The van der Waals surface area contributed by atoms with Crippen LogP contribution in [0.1, 0.15) is 32.3 Å². The van der Waals surface area contributed by atoms with Gasteiger partial charge >= 0.3 is 0 Å². The van der Waals surface area contributed by atoms with Crippen LogP contribution in [0.3, 0.4) is 0 Å². The van der Waals surface area contributed by atoms with Gasteiger partial charge in [0.25, 0.3) is 0 Å². The highest BCUT2D eigenvalue weighted by molar-refractivity contribution is 7.90. The molecule has 6 nitrogen and oxygen atoms in total. The van der Waals surface area contributed by atoms with Crippen LogP contribution in [0.15, 0.2) is 23.1 Å². The molecular weight excluding hydrogens is 340 g/mol. The van der Waals surface area contributed by atoms with Crippen LogP contribution < -0.4 is 4.90 Å². The van der Waals surface area contributed by atoms with Crippen LogP contribution in [0.4, 0.5) is 5.69 Å². The molecule has 0 spiro atoms. The number of benzene rings is 1. The number of anilines is 1. The molecule has 130 valence electrons. The number of hydrogen-bond donors (Lipinski definition) is 0. The SMILES string of the molecule is C[S+]([O-])c1cc(N2C(=O)C3[C@@H](C2=O)[C@]2(C)CC[C@]3(C)O2)ccc1C#N. The Hall–Kier alpha value is -1.88. The van der Waals surface area contributed by atoms with Crippen molar-refractivity contribution in [2.45, 2.75) is 42.8 Å². The van der Waals surface area contributed by atoms with Crippen molar-refractivity contribution in [1.29, 1.82) is 5.26 Å². The van der Waals surface area contributed by atoms with E-state index in [2.05, 4.69) is 0 Å². The smallest absolute Gasteiger partial charge is 0.240 e. The van der Waals surface area contributed by atoms with Gasteiger partial charge in [0, 0.05) is 6.07 Å². The maximum atomic E-state index is 13.1. The summed E-state index contributed by atoms with van der Waals surface area (Å²) in [7, 11) is 0. The first-order valence-corrected chi connectivity index (χ1v) is 9.73. The largest absolute Gasteiger partial charge is 0.612 e. The van der Waals surface area contributed by atoms with Gasteiger partial charge < -0.3 is 9.29 Å². The van der Waals surface area contributed by atoms with E-state index >= 15 is 0 Å². The molecule has 3 saturated heterocycles. The van der Waals surface area contributed by atoms with Crippen molar-refractivity contribution in [3.8, 4) is 6.07 Å². The van der Waals surface area contributed by atoms with Gasteiger partial charge in [-0.3, -0.25) is 9.59 Å². The number of ether oxygens (including phenoxy) is 1. The zero-order valence-electron chi connectivity index (χ0n) is 14.2. The van der Waals surface area contributed by atoms with E-state index in [-0.39, 0.29) is 17.4 Å². The minimum atomic E-state index is -1.39. The molecule has 0 saturated carbocycles. The lowest BCUT2D eigenvalue weighted by molar-refractivity contribution is -0.129. The lowest BCUT2D eigenvalue weighted by atomic mass is 9.69. The summed E-state index contributed by atoms with van der Waals surface area (Å²) in [5.41, 5.74) is -0.556. The predicted octanol–water partition coefficient (Wildman–Crippen LogP) is 1.74. The zero-order chi connectivity index (χ0) is 18.1. The standard InChI is InChI=1S/C18H18N2O4S/c1-17-6-7-18(2,24-17)14-13(17)15(21)20(16(14)22)11-5-4-10(9-19)12(8-11)25(3)23/h4-5,8,13-14H,6-7H2,1-3H3/t13-,14?,17-,18-,25?/m0/s1. The molecule has 3 aliphatic heterocycles. The Morgan fingerprint density at radius 3 is 2.28 bits per heavy atom. The lowest BCUT2D eigenvalue weighted by Crippen LogP contribution is -2.40. The van der Waals surface area contributed by atoms with Crippen LogP contribution in [-0.4, -0.2) is 33.8 Å². The van der Waals surface area contributed by atoms with Gasteiger partial charge in [-0.1, -0.05) is 0 Å². The number of carbonyl (C=O) groups is 2. The summed E-state index contributed by atoms with van der Waals surface area (Å²) in [6.07, 6.45) is 2.99. The first-order chi connectivity index (χ1) is 11.7. The second-order valence-corrected chi connectivity index (χ2v) is 8.79. The minimum absolute atomic E-state index is 0.265. The summed E-state index contributed by atoms with van der Waals surface area (Å²) in [5.74, 6) is -1.49. The number of nitriles is 1. The number of imide groups is 1. The molecule has 2 bridgehead atoms. The van der Waals surface area contributed by atoms with Crippen molar-refractivity contribution in [2.75, 3.05) is 11.2 Å². The molecule has 1 aromatic rings. The van der Waals surface area contributed by atoms with Gasteiger partial charge in [-0.05, 0) is 50.0 Å². The topological polar surface area (TPSA) is 93.5 Å². The molecule has 0 aliphatic carbocycles. The summed E-state index contributed by atoms with van der Waals surface area (Å²) < 4.78 is 18.0. The number of fused-ring (bicyclic) bond motifs is 5. The third-order valence-corrected chi connectivity index (χ3v) is 6.82. The van der Waals surface area contributed by atoms with Gasteiger partial charge in [0.05, 0.1) is 28.7 Å². The molecule has 1 aromatic carbocycles. The zero-order valence-corrected chi connectivity index (χ0v) is 15.1. The lowest BCUT2D eigenvalue weighted by Gasteiger charge is -2.27. The average molecular weight is 358 g/mol. The van der Waals surface area contributed by atoms with Gasteiger partial charge in [0.15, 0.2) is 4.90 Å². The Labute approximate surface area is 148 Å². The summed E-state index contributed by atoms with van der Waals surface area (Å²) in [5, 5.41) is 9.16. The molecule has 0 aromatic heterocycles. The highest BCUT2D eigenvalue weighted by Gasteiger charge is 2.72. The number of nitrogens with zero attached hydrogens (tertiary/aromatic N) is 2. The molecule has 0 radical (unpaired) electrons. The molecule has 0 N–H and O–H groups in total. The molecular formula is C18H18N2O4S. The maximum Gasteiger partial charge on any atom is 0.240 e. The highest BCUT2D eigenvalue weighted by atomic mass is 32.2.